The van der Waals surface area contributed by atoms with E-state index >= 15 is 0 Å². The van der Waals surface area contributed by atoms with Gasteiger partial charge in [0.15, 0.2) is 5.82 Å². The van der Waals surface area contributed by atoms with E-state index in [1.54, 1.807) is 18.1 Å². The standard InChI is InChI=1S/C10H13BrN6O2/c1-16-6-13-8(15-16)5-12-7-4-14-17(2-3-18)10(19)9(7)11/h4,6,12,18H,2-3,5H2,1H3. The normalized spacial score (nSPS) is 10.7. The summed E-state index contributed by atoms with van der Waals surface area (Å²) >= 11 is 3.22. The van der Waals surface area contributed by atoms with Gasteiger partial charge in [0.25, 0.3) is 5.56 Å². The number of aromatic nitrogens is 5. The highest BCUT2D eigenvalue weighted by Gasteiger charge is 2.09. The van der Waals surface area contributed by atoms with Crippen molar-refractivity contribution in [3.63, 3.8) is 0 Å². The zero-order chi connectivity index (χ0) is 13.8. The molecule has 0 unspecified atom stereocenters. The molecule has 0 saturated heterocycles. The first-order valence-corrected chi connectivity index (χ1v) is 6.36. The van der Waals surface area contributed by atoms with Crippen molar-refractivity contribution in [2.75, 3.05) is 11.9 Å². The van der Waals surface area contributed by atoms with Gasteiger partial charge in [-0.25, -0.2) is 9.67 Å². The van der Waals surface area contributed by atoms with Gasteiger partial charge in [0.1, 0.15) is 10.8 Å². The third-order valence-corrected chi connectivity index (χ3v) is 3.15. The Morgan fingerprint density at radius 3 is 2.95 bits per heavy atom. The Morgan fingerprint density at radius 1 is 1.53 bits per heavy atom. The summed E-state index contributed by atoms with van der Waals surface area (Å²) in [5.41, 5.74) is 0.264. The Bertz CT molecular complexity index is 623. The molecule has 2 rings (SSSR count). The van der Waals surface area contributed by atoms with Crippen LogP contribution in [0.5, 0.6) is 0 Å². The molecule has 0 fully saturated rings. The van der Waals surface area contributed by atoms with E-state index in [9.17, 15) is 4.79 Å². The molecule has 0 aliphatic heterocycles. The fourth-order valence-corrected chi connectivity index (χ4v) is 1.93. The van der Waals surface area contributed by atoms with Gasteiger partial charge < -0.3 is 10.4 Å². The first kappa shape index (κ1) is 13.7. The first-order chi connectivity index (χ1) is 9.11. The number of aliphatic hydroxyl groups is 1. The molecule has 8 nitrogen and oxygen atoms in total. The molecule has 0 atom stereocenters. The molecule has 2 N–H and O–H groups in total. The zero-order valence-electron chi connectivity index (χ0n) is 10.2. The molecule has 0 aromatic carbocycles. The molecule has 19 heavy (non-hydrogen) atoms. The topological polar surface area (TPSA) is 97.9 Å². The third-order valence-electron chi connectivity index (χ3n) is 2.38. The van der Waals surface area contributed by atoms with Crippen LogP contribution < -0.4 is 10.9 Å². The Morgan fingerprint density at radius 2 is 2.32 bits per heavy atom. The number of halogens is 1. The summed E-state index contributed by atoms with van der Waals surface area (Å²) in [4.78, 5) is 15.9. The second kappa shape index (κ2) is 5.93. The average Bonchev–Trinajstić information content (AvgIpc) is 2.80. The molecule has 0 bridgehead atoms. The molecule has 0 spiro atoms. The maximum absolute atomic E-state index is 11.9. The SMILES string of the molecule is Cn1cnc(CNc2cnn(CCO)c(=O)c2Br)n1. The number of aliphatic hydroxyl groups excluding tert-OH is 1. The van der Waals surface area contributed by atoms with Crippen molar-refractivity contribution in [3.8, 4) is 0 Å². The lowest BCUT2D eigenvalue weighted by atomic mass is 10.4. The molecule has 9 heteroatoms. The van der Waals surface area contributed by atoms with Gasteiger partial charge in [-0.2, -0.15) is 10.2 Å². The van der Waals surface area contributed by atoms with Crippen LogP contribution in [0, 0.1) is 0 Å². The maximum atomic E-state index is 11.9. The molecule has 0 aliphatic carbocycles. The number of hydrogen-bond acceptors (Lipinski definition) is 6. The van der Waals surface area contributed by atoms with Crippen LogP contribution in [0.15, 0.2) is 21.8 Å². The summed E-state index contributed by atoms with van der Waals surface area (Å²) in [7, 11) is 1.78. The summed E-state index contributed by atoms with van der Waals surface area (Å²) in [6.07, 6.45) is 3.12. The van der Waals surface area contributed by atoms with Crippen molar-refractivity contribution in [3.05, 3.63) is 33.2 Å². The summed E-state index contributed by atoms with van der Waals surface area (Å²) in [6, 6.07) is 0. The highest BCUT2D eigenvalue weighted by Crippen LogP contribution is 2.16. The zero-order valence-corrected chi connectivity index (χ0v) is 11.8. The van der Waals surface area contributed by atoms with Gasteiger partial charge in [0.2, 0.25) is 0 Å². The Hall–Kier alpha value is -1.74. The Kier molecular flexibility index (Phi) is 4.27. The number of rotatable bonds is 5. The van der Waals surface area contributed by atoms with Crippen molar-refractivity contribution < 1.29 is 5.11 Å². The number of hydrogen-bond donors (Lipinski definition) is 2. The Balaban J connectivity index is 2.13. The van der Waals surface area contributed by atoms with Crippen LogP contribution in [0.3, 0.4) is 0 Å². The van der Waals surface area contributed by atoms with Gasteiger partial charge in [-0.1, -0.05) is 0 Å². The van der Waals surface area contributed by atoms with Gasteiger partial charge in [-0.05, 0) is 15.9 Å². The predicted octanol–water partition coefficient (Wildman–Crippen LogP) is -0.261. The molecular formula is C10H13BrN6O2. The van der Waals surface area contributed by atoms with E-state index in [0.717, 1.165) is 0 Å². The molecule has 2 heterocycles. The van der Waals surface area contributed by atoms with Crippen LogP contribution in [0.4, 0.5) is 5.69 Å². The van der Waals surface area contributed by atoms with E-state index in [-0.39, 0.29) is 18.7 Å². The van der Waals surface area contributed by atoms with E-state index < -0.39 is 0 Å². The monoisotopic (exact) mass is 328 g/mol. The molecule has 102 valence electrons. The second-order valence-corrected chi connectivity index (χ2v) is 4.61. The van der Waals surface area contributed by atoms with Crippen molar-refractivity contribution in [2.45, 2.75) is 13.1 Å². The fraction of sp³-hybridized carbons (Fsp3) is 0.400. The van der Waals surface area contributed by atoms with Crippen LogP contribution in [-0.4, -0.2) is 36.3 Å². The van der Waals surface area contributed by atoms with Crippen LogP contribution in [0.1, 0.15) is 5.82 Å². The van der Waals surface area contributed by atoms with Gasteiger partial charge in [-0.3, -0.25) is 9.48 Å². The van der Waals surface area contributed by atoms with Crippen molar-refractivity contribution in [2.24, 2.45) is 7.05 Å². The van der Waals surface area contributed by atoms with Crippen molar-refractivity contribution in [1.82, 2.24) is 24.5 Å². The lowest BCUT2D eigenvalue weighted by molar-refractivity contribution is 0.266. The number of nitrogens with one attached hydrogen (secondary N) is 1. The molecule has 0 amide bonds. The molecule has 2 aromatic heterocycles. The lowest BCUT2D eigenvalue weighted by Gasteiger charge is -2.08. The van der Waals surface area contributed by atoms with Crippen LogP contribution in [-0.2, 0) is 20.1 Å². The molecule has 0 saturated carbocycles. The summed E-state index contributed by atoms with van der Waals surface area (Å²) in [6.45, 7) is 0.425. The highest BCUT2D eigenvalue weighted by molar-refractivity contribution is 9.10. The van der Waals surface area contributed by atoms with Crippen molar-refractivity contribution in [1.29, 1.82) is 0 Å². The minimum atomic E-state index is -0.298. The second-order valence-electron chi connectivity index (χ2n) is 3.81. The van der Waals surface area contributed by atoms with Gasteiger partial charge in [-0.15, -0.1) is 0 Å². The van der Waals surface area contributed by atoms with E-state index in [4.69, 9.17) is 5.11 Å². The first-order valence-electron chi connectivity index (χ1n) is 5.56. The van der Waals surface area contributed by atoms with E-state index in [1.165, 1.54) is 10.9 Å². The van der Waals surface area contributed by atoms with Gasteiger partial charge >= 0.3 is 0 Å². The fourth-order valence-electron chi connectivity index (χ4n) is 1.48. The number of anilines is 1. The van der Waals surface area contributed by atoms with Gasteiger partial charge in [0.05, 0.1) is 31.6 Å². The maximum Gasteiger partial charge on any atom is 0.283 e. The number of aryl methyl sites for hydroxylation is 1. The van der Waals surface area contributed by atoms with Gasteiger partial charge in [0, 0.05) is 7.05 Å². The molecule has 0 radical (unpaired) electrons. The minimum absolute atomic E-state index is 0.135. The van der Waals surface area contributed by atoms with Crippen LogP contribution in [0.25, 0.3) is 0 Å². The Labute approximate surface area is 117 Å². The van der Waals surface area contributed by atoms with E-state index in [1.807, 2.05) is 0 Å². The average molecular weight is 329 g/mol. The van der Waals surface area contributed by atoms with E-state index in [2.05, 4.69) is 36.4 Å². The van der Waals surface area contributed by atoms with E-state index in [0.29, 0.717) is 22.5 Å². The smallest absolute Gasteiger partial charge is 0.283 e. The lowest BCUT2D eigenvalue weighted by Crippen LogP contribution is -2.25. The third kappa shape index (κ3) is 3.18. The largest absolute Gasteiger partial charge is 0.394 e. The number of nitrogens with zero attached hydrogens (tertiary/aromatic N) is 5. The molecule has 0 aliphatic rings. The van der Waals surface area contributed by atoms with Crippen LogP contribution in [0.2, 0.25) is 0 Å². The molecular weight excluding hydrogens is 316 g/mol. The summed E-state index contributed by atoms with van der Waals surface area (Å²) in [5.74, 6) is 0.619. The summed E-state index contributed by atoms with van der Waals surface area (Å²) in [5, 5.41) is 19.9. The summed E-state index contributed by atoms with van der Waals surface area (Å²) < 4.78 is 3.16. The highest BCUT2D eigenvalue weighted by atomic mass is 79.9. The van der Waals surface area contributed by atoms with Crippen LogP contribution >= 0.6 is 15.9 Å². The van der Waals surface area contributed by atoms with Crippen molar-refractivity contribution >= 4 is 21.6 Å². The minimum Gasteiger partial charge on any atom is -0.394 e. The predicted molar refractivity (Wildman–Crippen MR) is 71.6 cm³/mol. The molecule has 2 aromatic rings. The quantitative estimate of drug-likeness (QED) is 0.784.